The quantitative estimate of drug-likeness (QED) is 0.571. The fourth-order valence-electron chi connectivity index (χ4n) is 2.98. The van der Waals surface area contributed by atoms with Gasteiger partial charge in [0.25, 0.3) is 5.91 Å². The first kappa shape index (κ1) is 18.8. The van der Waals surface area contributed by atoms with Gasteiger partial charge in [-0.3, -0.25) is 10.1 Å². The molecule has 0 bridgehead atoms. The molecular formula is C17H25N4O4S+. The lowest BCUT2D eigenvalue weighted by molar-refractivity contribution is -0.895. The number of urea groups is 1. The number of sulfonamides is 1. The van der Waals surface area contributed by atoms with Gasteiger partial charge < -0.3 is 10.2 Å². The van der Waals surface area contributed by atoms with Crippen LogP contribution >= 0.6 is 0 Å². The average Bonchev–Trinajstić information content (AvgIpc) is 3.39. The number of hydrogen-bond acceptors (Lipinski definition) is 4. The van der Waals surface area contributed by atoms with Gasteiger partial charge in [-0.1, -0.05) is 30.3 Å². The molecule has 2 aliphatic rings. The van der Waals surface area contributed by atoms with E-state index in [1.54, 1.807) is 12.1 Å². The molecule has 0 unspecified atom stereocenters. The molecule has 1 aliphatic heterocycles. The Morgan fingerprint density at radius 3 is 2.38 bits per heavy atom. The van der Waals surface area contributed by atoms with Crippen molar-refractivity contribution in [1.29, 1.82) is 0 Å². The average molecular weight is 381 g/mol. The molecule has 1 saturated carbocycles. The summed E-state index contributed by atoms with van der Waals surface area (Å²) in [7, 11) is -3.36. The minimum atomic E-state index is -3.36. The number of carbonyl (C=O) groups is 2. The van der Waals surface area contributed by atoms with Crippen molar-refractivity contribution < 1.29 is 22.9 Å². The molecule has 8 nitrogen and oxygen atoms in total. The zero-order valence-corrected chi connectivity index (χ0v) is 15.4. The second kappa shape index (κ2) is 8.15. The van der Waals surface area contributed by atoms with E-state index < -0.39 is 16.1 Å². The maximum absolute atomic E-state index is 12.5. The van der Waals surface area contributed by atoms with E-state index in [0.29, 0.717) is 26.2 Å². The summed E-state index contributed by atoms with van der Waals surface area (Å²) in [5, 5.41) is 5.04. The highest BCUT2D eigenvalue weighted by molar-refractivity contribution is 7.88. The molecule has 0 spiro atoms. The molecule has 0 radical (unpaired) electrons. The van der Waals surface area contributed by atoms with E-state index in [4.69, 9.17) is 0 Å². The maximum atomic E-state index is 12.5. The van der Waals surface area contributed by atoms with Crippen molar-refractivity contribution in [1.82, 2.24) is 14.9 Å². The van der Waals surface area contributed by atoms with E-state index in [1.807, 2.05) is 18.2 Å². The summed E-state index contributed by atoms with van der Waals surface area (Å²) in [6.45, 7) is 2.03. The van der Waals surface area contributed by atoms with Gasteiger partial charge in [-0.05, 0) is 18.4 Å². The lowest BCUT2D eigenvalue weighted by Crippen LogP contribution is -3.15. The van der Waals surface area contributed by atoms with Crippen LogP contribution in [0.25, 0.3) is 0 Å². The summed E-state index contributed by atoms with van der Waals surface area (Å²) in [5.41, 5.74) is 0.767. The minimum absolute atomic E-state index is 0.00893. The molecule has 1 saturated heterocycles. The highest BCUT2D eigenvalue weighted by Crippen LogP contribution is 2.18. The molecule has 1 aromatic carbocycles. The van der Waals surface area contributed by atoms with Crippen LogP contribution in [0.5, 0.6) is 0 Å². The summed E-state index contributed by atoms with van der Waals surface area (Å²) in [4.78, 5) is 24.5. The van der Waals surface area contributed by atoms with E-state index in [1.165, 1.54) is 4.31 Å². The fourth-order valence-corrected chi connectivity index (χ4v) is 4.52. The van der Waals surface area contributed by atoms with Gasteiger partial charge in [0.1, 0.15) is 0 Å². The third-order valence-corrected chi connectivity index (χ3v) is 6.44. The summed E-state index contributed by atoms with van der Waals surface area (Å²) < 4.78 is 26.5. The summed E-state index contributed by atoms with van der Waals surface area (Å²) in [6, 6.07) is 8.87. The van der Waals surface area contributed by atoms with E-state index in [0.717, 1.165) is 23.3 Å². The Balaban J connectivity index is 1.43. The molecule has 3 amide bonds. The Bertz CT molecular complexity index is 741. The second-order valence-electron chi connectivity index (χ2n) is 6.86. The summed E-state index contributed by atoms with van der Waals surface area (Å²) >= 11 is 0. The van der Waals surface area contributed by atoms with E-state index in [2.05, 4.69) is 10.6 Å². The Hall–Kier alpha value is -1.97. The molecule has 142 valence electrons. The third kappa shape index (κ3) is 5.52. The Morgan fingerprint density at radius 2 is 1.77 bits per heavy atom. The van der Waals surface area contributed by atoms with Crippen molar-refractivity contribution in [3.63, 3.8) is 0 Å². The Labute approximate surface area is 153 Å². The number of rotatable bonds is 6. The molecule has 26 heavy (non-hydrogen) atoms. The van der Waals surface area contributed by atoms with Gasteiger partial charge in [0.15, 0.2) is 6.54 Å². The van der Waals surface area contributed by atoms with E-state index in [9.17, 15) is 18.0 Å². The number of carbonyl (C=O) groups excluding carboxylic acids is 2. The molecule has 0 aromatic heterocycles. The first-order valence-electron chi connectivity index (χ1n) is 8.88. The van der Waals surface area contributed by atoms with Crippen molar-refractivity contribution in [3.05, 3.63) is 35.9 Å². The number of nitrogens with zero attached hydrogens (tertiary/aromatic N) is 1. The van der Waals surface area contributed by atoms with Crippen LogP contribution in [0.15, 0.2) is 30.3 Å². The van der Waals surface area contributed by atoms with Gasteiger partial charge in [0, 0.05) is 6.04 Å². The van der Waals surface area contributed by atoms with Crippen molar-refractivity contribution in [2.45, 2.75) is 24.6 Å². The predicted octanol–water partition coefficient (Wildman–Crippen LogP) is -1.29. The zero-order chi connectivity index (χ0) is 18.6. The standard InChI is InChI=1S/C17H24N4O4S/c22-16(19-17(23)18-15-6-7-15)12-20-8-10-21(11-9-20)26(24,25)13-14-4-2-1-3-5-14/h1-5,15H,6-13H2,(H2,18,19,22,23)/p+1. The largest absolute Gasteiger partial charge is 0.335 e. The van der Waals surface area contributed by atoms with E-state index >= 15 is 0 Å². The highest BCUT2D eigenvalue weighted by atomic mass is 32.2. The molecular weight excluding hydrogens is 356 g/mol. The fraction of sp³-hybridized carbons (Fsp3) is 0.529. The monoisotopic (exact) mass is 381 g/mol. The lowest BCUT2D eigenvalue weighted by atomic mass is 10.2. The number of hydrogen-bond donors (Lipinski definition) is 3. The van der Waals surface area contributed by atoms with Crippen LogP contribution in [0, 0.1) is 0 Å². The van der Waals surface area contributed by atoms with Gasteiger partial charge in [-0.15, -0.1) is 0 Å². The van der Waals surface area contributed by atoms with Gasteiger partial charge in [-0.25, -0.2) is 13.2 Å². The van der Waals surface area contributed by atoms with Crippen LogP contribution in [0.1, 0.15) is 18.4 Å². The van der Waals surface area contributed by atoms with E-state index in [-0.39, 0.29) is 24.2 Å². The SMILES string of the molecule is O=C(C[NH+]1CCN(S(=O)(=O)Cc2ccccc2)CC1)NC(=O)NC1CC1. The molecule has 3 rings (SSSR count). The molecule has 1 heterocycles. The summed E-state index contributed by atoms with van der Waals surface area (Å²) in [6.07, 6.45) is 1.93. The topological polar surface area (TPSA) is 100 Å². The van der Waals surface area contributed by atoms with Gasteiger partial charge >= 0.3 is 6.03 Å². The zero-order valence-electron chi connectivity index (χ0n) is 14.6. The molecule has 1 aromatic rings. The van der Waals surface area contributed by atoms with Crippen molar-refractivity contribution in [3.8, 4) is 0 Å². The number of amides is 3. The van der Waals surface area contributed by atoms with Crippen LogP contribution in [-0.2, 0) is 20.6 Å². The van der Waals surface area contributed by atoms with Crippen molar-refractivity contribution in [2.75, 3.05) is 32.7 Å². The molecule has 9 heteroatoms. The molecule has 1 aliphatic carbocycles. The van der Waals surface area contributed by atoms with Crippen LogP contribution in [0.2, 0.25) is 0 Å². The van der Waals surface area contributed by atoms with Crippen molar-refractivity contribution in [2.24, 2.45) is 0 Å². The van der Waals surface area contributed by atoms with Crippen LogP contribution in [-0.4, -0.2) is 63.4 Å². The second-order valence-corrected chi connectivity index (χ2v) is 8.83. The maximum Gasteiger partial charge on any atom is 0.321 e. The number of benzene rings is 1. The van der Waals surface area contributed by atoms with Gasteiger partial charge in [-0.2, -0.15) is 4.31 Å². The normalized spacial score (nSPS) is 19.1. The lowest BCUT2D eigenvalue weighted by Gasteiger charge is -2.31. The smallest absolute Gasteiger partial charge is 0.321 e. The van der Waals surface area contributed by atoms with Crippen LogP contribution < -0.4 is 15.5 Å². The number of piperazine rings is 1. The van der Waals surface area contributed by atoms with Gasteiger partial charge in [0.05, 0.1) is 31.9 Å². The number of imide groups is 1. The van der Waals surface area contributed by atoms with Crippen LogP contribution in [0.3, 0.4) is 0 Å². The highest BCUT2D eigenvalue weighted by Gasteiger charge is 2.30. The number of quaternary nitrogens is 1. The Kier molecular flexibility index (Phi) is 5.90. The first-order valence-corrected chi connectivity index (χ1v) is 10.5. The predicted molar refractivity (Wildman–Crippen MR) is 95.9 cm³/mol. The van der Waals surface area contributed by atoms with Gasteiger partial charge in [0.2, 0.25) is 10.0 Å². The van der Waals surface area contributed by atoms with Crippen molar-refractivity contribution >= 4 is 22.0 Å². The summed E-state index contributed by atoms with van der Waals surface area (Å²) in [5.74, 6) is -0.343. The molecule has 3 N–H and O–H groups in total. The first-order chi connectivity index (χ1) is 12.4. The minimum Gasteiger partial charge on any atom is -0.335 e. The van der Waals surface area contributed by atoms with Crippen LogP contribution in [0.4, 0.5) is 4.79 Å². The third-order valence-electron chi connectivity index (χ3n) is 4.59. The molecule has 0 atom stereocenters. The number of nitrogens with one attached hydrogen (secondary N) is 3. The molecule has 2 fully saturated rings. The Morgan fingerprint density at radius 1 is 1.12 bits per heavy atom.